The zero-order chi connectivity index (χ0) is 11.4. The molecule has 1 aromatic carbocycles. The summed E-state index contributed by atoms with van der Waals surface area (Å²) < 4.78 is 5.61. The van der Waals surface area contributed by atoms with Crippen molar-refractivity contribution in [2.24, 2.45) is 0 Å². The van der Waals surface area contributed by atoms with Crippen LogP contribution in [-0.4, -0.2) is 4.98 Å². The van der Waals surface area contributed by atoms with Crippen molar-refractivity contribution in [1.82, 2.24) is 4.98 Å². The molecule has 2 N–H and O–H groups in total. The van der Waals surface area contributed by atoms with Crippen LogP contribution in [0.1, 0.15) is 11.1 Å². The van der Waals surface area contributed by atoms with Gasteiger partial charge in [-0.25, -0.2) is 0 Å². The summed E-state index contributed by atoms with van der Waals surface area (Å²) in [7, 11) is 0. The zero-order valence-electron chi connectivity index (χ0n) is 9.18. The molecule has 0 aliphatic carbocycles. The standard InChI is InChI=1S/C13H14N2O/c1-10-5-11(8-15-7-10)9-16-13-4-2-3-12(14)6-13/h2-8H,9,14H2,1H3. The quantitative estimate of drug-likeness (QED) is 0.799. The maximum atomic E-state index is 5.66. The van der Waals surface area contributed by atoms with E-state index in [0.717, 1.165) is 16.9 Å². The van der Waals surface area contributed by atoms with E-state index in [2.05, 4.69) is 11.1 Å². The molecule has 82 valence electrons. The lowest BCUT2D eigenvalue weighted by Crippen LogP contribution is -1.97. The third-order valence-electron chi connectivity index (χ3n) is 2.20. The first-order valence-electron chi connectivity index (χ1n) is 5.13. The van der Waals surface area contributed by atoms with Gasteiger partial charge in [0.05, 0.1) is 0 Å². The molecule has 0 aliphatic heterocycles. The maximum absolute atomic E-state index is 5.66. The second-order valence-corrected chi connectivity index (χ2v) is 3.73. The maximum Gasteiger partial charge on any atom is 0.121 e. The molecule has 3 heteroatoms. The number of aryl methyl sites for hydroxylation is 1. The van der Waals surface area contributed by atoms with Gasteiger partial charge in [-0.05, 0) is 30.7 Å². The minimum atomic E-state index is 0.512. The van der Waals surface area contributed by atoms with Gasteiger partial charge in [0.1, 0.15) is 12.4 Å². The summed E-state index contributed by atoms with van der Waals surface area (Å²) in [6.45, 7) is 2.52. The second kappa shape index (κ2) is 4.66. The molecule has 0 unspecified atom stereocenters. The van der Waals surface area contributed by atoms with E-state index >= 15 is 0 Å². The van der Waals surface area contributed by atoms with E-state index < -0.39 is 0 Å². The highest BCUT2D eigenvalue weighted by Crippen LogP contribution is 2.16. The smallest absolute Gasteiger partial charge is 0.121 e. The Morgan fingerprint density at radius 1 is 1.25 bits per heavy atom. The van der Waals surface area contributed by atoms with Gasteiger partial charge < -0.3 is 10.5 Å². The van der Waals surface area contributed by atoms with Gasteiger partial charge in [-0.3, -0.25) is 4.98 Å². The van der Waals surface area contributed by atoms with Crippen LogP contribution in [0, 0.1) is 6.92 Å². The van der Waals surface area contributed by atoms with Gasteiger partial charge in [-0.15, -0.1) is 0 Å². The molecule has 0 fully saturated rings. The number of nitrogens with zero attached hydrogens (tertiary/aromatic N) is 1. The SMILES string of the molecule is Cc1cncc(COc2cccc(N)c2)c1. The molecule has 0 bridgehead atoms. The zero-order valence-corrected chi connectivity index (χ0v) is 9.18. The summed E-state index contributed by atoms with van der Waals surface area (Å²) in [5.74, 6) is 0.779. The third-order valence-corrected chi connectivity index (χ3v) is 2.20. The molecule has 0 saturated carbocycles. The predicted molar refractivity (Wildman–Crippen MR) is 64.2 cm³/mol. The van der Waals surface area contributed by atoms with Crippen LogP contribution in [0.4, 0.5) is 5.69 Å². The van der Waals surface area contributed by atoms with Crippen molar-refractivity contribution in [2.75, 3.05) is 5.73 Å². The highest BCUT2D eigenvalue weighted by Gasteiger charge is 1.97. The molecular weight excluding hydrogens is 200 g/mol. The first-order chi connectivity index (χ1) is 7.74. The van der Waals surface area contributed by atoms with Crippen LogP contribution in [-0.2, 0) is 6.61 Å². The molecule has 0 radical (unpaired) electrons. The lowest BCUT2D eigenvalue weighted by Gasteiger charge is -2.06. The van der Waals surface area contributed by atoms with Gasteiger partial charge in [0.2, 0.25) is 0 Å². The summed E-state index contributed by atoms with van der Waals surface area (Å²) in [6, 6.07) is 9.46. The van der Waals surface area contributed by atoms with Gasteiger partial charge in [0.15, 0.2) is 0 Å². The summed E-state index contributed by atoms with van der Waals surface area (Å²) in [4.78, 5) is 4.11. The van der Waals surface area contributed by atoms with Crippen molar-refractivity contribution in [3.63, 3.8) is 0 Å². The van der Waals surface area contributed by atoms with Gasteiger partial charge in [0.25, 0.3) is 0 Å². The van der Waals surface area contributed by atoms with Crippen LogP contribution in [0.25, 0.3) is 0 Å². The van der Waals surface area contributed by atoms with E-state index in [-0.39, 0.29) is 0 Å². The fourth-order valence-electron chi connectivity index (χ4n) is 1.47. The molecule has 3 nitrogen and oxygen atoms in total. The first-order valence-corrected chi connectivity index (χ1v) is 5.13. The summed E-state index contributed by atoms with van der Waals surface area (Å²) >= 11 is 0. The number of anilines is 1. The van der Waals surface area contributed by atoms with Crippen molar-refractivity contribution in [3.05, 3.63) is 53.9 Å². The number of ether oxygens (including phenoxy) is 1. The molecule has 0 amide bonds. The third kappa shape index (κ3) is 2.73. The van der Waals surface area contributed by atoms with Crippen LogP contribution in [0.3, 0.4) is 0 Å². The monoisotopic (exact) mass is 214 g/mol. The van der Waals surface area contributed by atoms with Crippen LogP contribution in [0.5, 0.6) is 5.75 Å². The van der Waals surface area contributed by atoms with E-state index in [1.807, 2.05) is 37.4 Å². The normalized spacial score (nSPS) is 10.1. The summed E-state index contributed by atoms with van der Waals surface area (Å²) in [5.41, 5.74) is 8.56. The number of hydrogen-bond donors (Lipinski definition) is 1. The van der Waals surface area contributed by atoms with E-state index in [1.54, 1.807) is 6.20 Å². The molecule has 1 aromatic heterocycles. The average molecular weight is 214 g/mol. The number of rotatable bonds is 3. The molecule has 0 spiro atoms. The molecule has 2 aromatic rings. The van der Waals surface area contributed by atoms with E-state index in [9.17, 15) is 0 Å². The minimum Gasteiger partial charge on any atom is -0.489 e. The Balaban J connectivity index is 2.02. The first kappa shape index (κ1) is 10.5. The molecule has 2 rings (SSSR count). The van der Waals surface area contributed by atoms with Crippen molar-refractivity contribution < 1.29 is 4.74 Å². The van der Waals surface area contributed by atoms with E-state index in [0.29, 0.717) is 12.3 Å². The molecule has 1 heterocycles. The Morgan fingerprint density at radius 3 is 2.88 bits per heavy atom. The number of nitrogens with two attached hydrogens (primary N) is 1. The molecule has 16 heavy (non-hydrogen) atoms. The summed E-state index contributed by atoms with van der Waals surface area (Å²) in [6.07, 6.45) is 3.63. The highest BCUT2D eigenvalue weighted by molar-refractivity contribution is 5.43. The van der Waals surface area contributed by atoms with Gasteiger partial charge in [-0.1, -0.05) is 6.07 Å². The second-order valence-electron chi connectivity index (χ2n) is 3.73. The Labute approximate surface area is 94.9 Å². The van der Waals surface area contributed by atoms with Crippen molar-refractivity contribution >= 4 is 5.69 Å². The van der Waals surface area contributed by atoms with Crippen molar-refractivity contribution in [2.45, 2.75) is 13.5 Å². The Kier molecular flexibility index (Phi) is 3.05. The fraction of sp³-hybridized carbons (Fsp3) is 0.154. The van der Waals surface area contributed by atoms with Gasteiger partial charge in [0, 0.05) is 29.7 Å². The van der Waals surface area contributed by atoms with Crippen LogP contribution >= 0.6 is 0 Å². The largest absolute Gasteiger partial charge is 0.489 e. The minimum absolute atomic E-state index is 0.512. The molecular formula is C13H14N2O. The lowest BCUT2D eigenvalue weighted by atomic mass is 10.2. The van der Waals surface area contributed by atoms with E-state index in [1.165, 1.54) is 0 Å². The van der Waals surface area contributed by atoms with Gasteiger partial charge in [-0.2, -0.15) is 0 Å². The van der Waals surface area contributed by atoms with Crippen molar-refractivity contribution in [1.29, 1.82) is 0 Å². The Bertz CT molecular complexity index is 437. The number of nitrogen functional groups attached to an aromatic ring is 1. The lowest BCUT2D eigenvalue weighted by molar-refractivity contribution is 0.306. The topological polar surface area (TPSA) is 48.1 Å². The van der Waals surface area contributed by atoms with Crippen LogP contribution in [0.15, 0.2) is 42.7 Å². The molecule has 0 atom stereocenters. The average Bonchev–Trinajstić information content (AvgIpc) is 2.27. The number of aromatic nitrogens is 1. The Morgan fingerprint density at radius 2 is 2.12 bits per heavy atom. The highest BCUT2D eigenvalue weighted by atomic mass is 16.5. The van der Waals surface area contributed by atoms with Crippen molar-refractivity contribution in [3.8, 4) is 5.75 Å². The number of pyridine rings is 1. The molecule has 0 aliphatic rings. The van der Waals surface area contributed by atoms with Crippen LogP contribution in [0.2, 0.25) is 0 Å². The molecule has 0 saturated heterocycles. The Hall–Kier alpha value is -2.03. The summed E-state index contributed by atoms with van der Waals surface area (Å²) in [5, 5.41) is 0. The van der Waals surface area contributed by atoms with E-state index in [4.69, 9.17) is 10.5 Å². The number of hydrogen-bond acceptors (Lipinski definition) is 3. The van der Waals surface area contributed by atoms with Crippen LogP contribution < -0.4 is 10.5 Å². The fourth-order valence-corrected chi connectivity index (χ4v) is 1.47. The number of benzene rings is 1. The predicted octanol–water partition coefficient (Wildman–Crippen LogP) is 2.55. The van der Waals surface area contributed by atoms with Gasteiger partial charge >= 0.3 is 0 Å².